The number of aromatic nitrogens is 3. The number of anilines is 1. The van der Waals surface area contributed by atoms with Gasteiger partial charge in [0.05, 0.1) is 12.2 Å². The first-order chi connectivity index (χ1) is 10.2. The van der Waals surface area contributed by atoms with E-state index in [2.05, 4.69) is 20.9 Å². The molecule has 0 saturated carbocycles. The molecule has 1 aliphatic heterocycles. The van der Waals surface area contributed by atoms with Crippen molar-refractivity contribution in [1.82, 2.24) is 20.3 Å². The van der Waals surface area contributed by atoms with Crippen molar-refractivity contribution in [2.75, 3.05) is 18.4 Å². The van der Waals surface area contributed by atoms with E-state index in [1.807, 2.05) is 0 Å². The zero-order valence-corrected chi connectivity index (χ0v) is 12.7. The summed E-state index contributed by atoms with van der Waals surface area (Å²) in [4.78, 5) is 12.1. The van der Waals surface area contributed by atoms with E-state index in [1.165, 1.54) is 12.1 Å². The summed E-state index contributed by atoms with van der Waals surface area (Å²) >= 11 is 0. The van der Waals surface area contributed by atoms with Gasteiger partial charge in [0.15, 0.2) is 5.69 Å². The number of amides is 1. The highest BCUT2D eigenvalue weighted by Crippen LogP contribution is 2.18. The smallest absolute Gasteiger partial charge is 0.277 e. The van der Waals surface area contributed by atoms with Gasteiger partial charge < -0.3 is 15.7 Å². The van der Waals surface area contributed by atoms with Crippen LogP contribution in [-0.2, 0) is 0 Å². The van der Waals surface area contributed by atoms with Crippen molar-refractivity contribution < 1.29 is 9.90 Å². The Morgan fingerprint density at radius 3 is 2.64 bits per heavy atom. The van der Waals surface area contributed by atoms with Gasteiger partial charge in [-0.2, -0.15) is 0 Å². The maximum atomic E-state index is 12.1. The number of carbonyl (C=O) groups excluding carboxylic acids is 1. The van der Waals surface area contributed by atoms with Crippen LogP contribution >= 0.6 is 12.4 Å². The van der Waals surface area contributed by atoms with Crippen molar-refractivity contribution in [3.63, 3.8) is 0 Å². The van der Waals surface area contributed by atoms with Gasteiger partial charge in [0, 0.05) is 5.69 Å². The second-order valence-electron chi connectivity index (χ2n) is 5.07. The van der Waals surface area contributed by atoms with Gasteiger partial charge in [0.1, 0.15) is 5.75 Å². The second kappa shape index (κ2) is 7.24. The largest absolute Gasteiger partial charge is 0.508 e. The molecule has 1 amide bonds. The van der Waals surface area contributed by atoms with Gasteiger partial charge in [-0.05, 0) is 50.2 Å². The minimum absolute atomic E-state index is 0. The van der Waals surface area contributed by atoms with Gasteiger partial charge in [-0.25, -0.2) is 4.68 Å². The zero-order chi connectivity index (χ0) is 14.7. The number of phenolic OH excluding ortho intramolecular Hbond substituents is 1. The third-order valence-electron chi connectivity index (χ3n) is 3.55. The molecule has 2 heterocycles. The Morgan fingerprint density at radius 1 is 1.27 bits per heavy atom. The number of hydrogen-bond donors (Lipinski definition) is 3. The summed E-state index contributed by atoms with van der Waals surface area (Å²) in [5.41, 5.74) is 0.899. The summed E-state index contributed by atoms with van der Waals surface area (Å²) in [6.07, 6.45) is 3.66. The Balaban J connectivity index is 0.00000176. The van der Waals surface area contributed by atoms with Gasteiger partial charge >= 0.3 is 0 Å². The molecule has 8 heteroatoms. The molecule has 1 aromatic heterocycles. The van der Waals surface area contributed by atoms with Gasteiger partial charge in [0.25, 0.3) is 5.91 Å². The lowest BCUT2D eigenvalue weighted by Crippen LogP contribution is -2.29. The fourth-order valence-electron chi connectivity index (χ4n) is 2.37. The summed E-state index contributed by atoms with van der Waals surface area (Å²) in [5.74, 6) is -0.147. The number of piperidine rings is 1. The molecule has 118 valence electrons. The number of nitrogens with one attached hydrogen (secondary N) is 2. The summed E-state index contributed by atoms with van der Waals surface area (Å²) in [6.45, 7) is 1.92. The molecule has 22 heavy (non-hydrogen) atoms. The number of aromatic hydroxyl groups is 1. The Bertz CT molecular complexity index is 622. The van der Waals surface area contributed by atoms with Crippen LogP contribution in [0.5, 0.6) is 5.75 Å². The molecule has 0 aliphatic carbocycles. The summed E-state index contributed by atoms with van der Waals surface area (Å²) in [7, 11) is 0. The molecule has 0 unspecified atom stereocenters. The summed E-state index contributed by atoms with van der Waals surface area (Å²) in [5, 5.41) is 23.2. The van der Waals surface area contributed by atoms with Crippen LogP contribution in [0, 0.1) is 0 Å². The van der Waals surface area contributed by atoms with E-state index < -0.39 is 0 Å². The number of benzene rings is 1. The maximum absolute atomic E-state index is 12.1. The van der Waals surface area contributed by atoms with Crippen LogP contribution in [0.1, 0.15) is 29.4 Å². The van der Waals surface area contributed by atoms with Crippen molar-refractivity contribution in [3.05, 3.63) is 36.2 Å². The molecule has 3 rings (SSSR count). The molecule has 0 atom stereocenters. The Hall–Kier alpha value is -2.12. The van der Waals surface area contributed by atoms with E-state index in [9.17, 15) is 9.90 Å². The Morgan fingerprint density at radius 2 is 1.95 bits per heavy atom. The van der Waals surface area contributed by atoms with E-state index in [1.54, 1.807) is 23.0 Å². The molecule has 1 aliphatic rings. The fraction of sp³-hybridized carbons (Fsp3) is 0.357. The number of rotatable bonds is 3. The lowest BCUT2D eigenvalue weighted by atomic mass is 10.1. The van der Waals surface area contributed by atoms with Crippen LogP contribution in [0.3, 0.4) is 0 Å². The van der Waals surface area contributed by atoms with Crippen LogP contribution in [0.25, 0.3) is 0 Å². The first kappa shape index (κ1) is 16.3. The van der Waals surface area contributed by atoms with E-state index >= 15 is 0 Å². The first-order valence-corrected chi connectivity index (χ1v) is 6.95. The Kier molecular flexibility index (Phi) is 5.35. The van der Waals surface area contributed by atoms with E-state index in [0.29, 0.717) is 17.4 Å². The minimum atomic E-state index is -0.305. The molecular weight excluding hydrogens is 306 g/mol. The van der Waals surface area contributed by atoms with Gasteiger partial charge in [-0.1, -0.05) is 5.21 Å². The minimum Gasteiger partial charge on any atom is -0.508 e. The van der Waals surface area contributed by atoms with Crippen LogP contribution in [0.4, 0.5) is 5.69 Å². The Labute approximate surface area is 134 Å². The standard InChI is InChI=1S/C14H17N5O2.ClH/c20-12-3-1-10(2-4-12)16-14(21)13-9-19(18-17-13)11-5-7-15-8-6-11;/h1-4,9,11,15,20H,5-8H2,(H,16,21);1H. The third-order valence-corrected chi connectivity index (χ3v) is 3.55. The lowest BCUT2D eigenvalue weighted by molar-refractivity contribution is 0.102. The van der Waals surface area contributed by atoms with Crippen LogP contribution in [-0.4, -0.2) is 39.1 Å². The van der Waals surface area contributed by atoms with Crippen molar-refractivity contribution >= 4 is 24.0 Å². The van der Waals surface area contributed by atoms with Crippen molar-refractivity contribution in [2.24, 2.45) is 0 Å². The molecule has 0 bridgehead atoms. The molecule has 0 radical (unpaired) electrons. The molecule has 0 spiro atoms. The molecule has 2 aromatic rings. The number of nitrogens with zero attached hydrogens (tertiary/aromatic N) is 3. The van der Waals surface area contributed by atoms with Gasteiger partial charge in [0.2, 0.25) is 0 Å². The lowest BCUT2D eigenvalue weighted by Gasteiger charge is -2.22. The molecular formula is C14H18ClN5O2. The number of carbonyl (C=O) groups is 1. The van der Waals surface area contributed by atoms with E-state index in [4.69, 9.17) is 0 Å². The highest BCUT2D eigenvalue weighted by molar-refractivity contribution is 6.02. The van der Waals surface area contributed by atoms with E-state index in [0.717, 1.165) is 25.9 Å². The SMILES string of the molecule is Cl.O=C(Nc1ccc(O)cc1)c1cn(C2CCNCC2)nn1. The topological polar surface area (TPSA) is 92.1 Å². The van der Waals surface area contributed by atoms with Crippen LogP contribution in [0.2, 0.25) is 0 Å². The van der Waals surface area contributed by atoms with E-state index in [-0.39, 0.29) is 24.1 Å². The second-order valence-corrected chi connectivity index (χ2v) is 5.07. The molecule has 3 N–H and O–H groups in total. The average molecular weight is 324 g/mol. The monoisotopic (exact) mass is 323 g/mol. The first-order valence-electron chi connectivity index (χ1n) is 6.95. The predicted octanol–water partition coefficient (Wildman–Crippen LogP) is 1.58. The zero-order valence-electron chi connectivity index (χ0n) is 11.9. The quantitative estimate of drug-likeness (QED) is 0.746. The molecule has 1 fully saturated rings. The van der Waals surface area contributed by atoms with Gasteiger partial charge in [-0.15, -0.1) is 17.5 Å². The molecule has 1 aromatic carbocycles. The van der Waals surface area contributed by atoms with Crippen LogP contribution in [0.15, 0.2) is 30.5 Å². The average Bonchev–Trinajstić information content (AvgIpc) is 3.00. The number of halogens is 1. The third kappa shape index (κ3) is 3.75. The summed E-state index contributed by atoms with van der Waals surface area (Å²) < 4.78 is 1.77. The number of hydrogen-bond acceptors (Lipinski definition) is 5. The van der Waals surface area contributed by atoms with Crippen molar-refractivity contribution in [3.8, 4) is 5.75 Å². The highest BCUT2D eigenvalue weighted by Gasteiger charge is 2.18. The van der Waals surface area contributed by atoms with Gasteiger partial charge in [-0.3, -0.25) is 4.79 Å². The highest BCUT2D eigenvalue weighted by atomic mass is 35.5. The predicted molar refractivity (Wildman–Crippen MR) is 84.5 cm³/mol. The maximum Gasteiger partial charge on any atom is 0.277 e. The molecule has 7 nitrogen and oxygen atoms in total. The fourth-order valence-corrected chi connectivity index (χ4v) is 2.37. The molecule has 1 saturated heterocycles. The van der Waals surface area contributed by atoms with Crippen molar-refractivity contribution in [1.29, 1.82) is 0 Å². The number of phenols is 1. The van der Waals surface area contributed by atoms with Crippen LogP contribution < -0.4 is 10.6 Å². The normalized spacial score (nSPS) is 15.1. The summed E-state index contributed by atoms with van der Waals surface area (Å²) in [6, 6.07) is 6.59. The van der Waals surface area contributed by atoms with Crippen molar-refractivity contribution in [2.45, 2.75) is 18.9 Å².